The molecular formula is C24H17F. The van der Waals surface area contributed by atoms with Crippen LogP contribution >= 0.6 is 0 Å². The number of benzene rings is 3. The maximum atomic E-state index is 13.3. The second-order valence-electron chi connectivity index (χ2n) is 5.97. The minimum atomic E-state index is -0.216. The van der Waals surface area contributed by atoms with Crippen molar-refractivity contribution in [1.82, 2.24) is 0 Å². The molecule has 3 aromatic rings. The number of allylic oxidation sites excluding steroid dienone is 5. The smallest absolute Gasteiger partial charge is 0.123 e. The van der Waals surface area contributed by atoms with Gasteiger partial charge >= 0.3 is 0 Å². The third-order valence-corrected chi connectivity index (χ3v) is 4.37. The van der Waals surface area contributed by atoms with Gasteiger partial charge in [0.15, 0.2) is 0 Å². The molecular weight excluding hydrogens is 307 g/mol. The van der Waals surface area contributed by atoms with Crippen molar-refractivity contribution in [3.05, 3.63) is 131 Å². The molecule has 0 saturated heterocycles. The second-order valence-corrected chi connectivity index (χ2v) is 5.97. The van der Waals surface area contributed by atoms with Crippen molar-refractivity contribution >= 4 is 11.1 Å². The van der Waals surface area contributed by atoms with Crippen LogP contribution in [0.3, 0.4) is 0 Å². The molecule has 1 aliphatic rings. The Morgan fingerprint density at radius 1 is 0.640 bits per heavy atom. The van der Waals surface area contributed by atoms with Crippen LogP contribution in [-0.2, 0) is 0 Å². The molecule has 0 atom stereocenters. The number of rotatable bonds is 3. The maximum Gasteiger partial charge on any atom is 0.123 e. The van der Waals surface area contributed by atoms with Crippen LogP contribution in [0.15, 0.2) is 109 Å². The molecule has 0 nitrogen and oxygen atoms in total. The monoisotopic (exact) mass is 324 g/mol. The number of hydrogen-bond acceptors (Lipinski definition) is 0. The van der Waals surface area contributed by atoms with E-state index in [1.165, 1.54) is 28.8 Å². The topological polar surface area (TPSA) is 0 Å². The number of halogens is 1. The van der Waals surface area contributed by atoms with Gasteiger partial charge < -0.3 is 0 Å². The molecule has 0 bridgehead atoms. The van der Waals surface area contributed by atoms with Gasteiger partial charge in [-0.2, -0.15) is 0 Å². The summed E-state index contributed by atoms with van der Waals surface area (Å²) in [6.07, 6.45) is 6.28. The van der Waals surface area contributed by atoms with Gasteiger partial charge in [-0.1, -0.05) is 91.0 Å². The Kier molecular flexibility index (Phi) is 4.14. The Hall–Kier alpha value is -3.19. The average molecular weight is 324 g/mol. The van der Waals surface area contributed by atoms with Crippen LogP contribution in [0.2, 0.25) is 0 Å². The first-order valence-electron chi connectivity index (χ1n) is 8.33. The molecule has 0 N–H and O–H groups in total. The first-order chi connectivity index (χ1) is 12.3. The van der Waals surface area contributed by atoms with Gasteiger partial charge in [-0.25, -0.2) is 4.39 Å². The van der Waals surface area contributed by atoms with E-state index in [9.17, 15) is 4.39 Å². The Labute approximate surface area is 147 Å². The molecule has 120 valence electrons. The van der Waals surface area contributed by atoms with E-state index in [0.29, 0.717) is 0 Å². The predicted octanol–water partition coefficient (Wildman–Crippen LogP) is 6.28. The lowest BCUT2D eigenvalue weighted by molar-refractivity contribution is 0.627. The van der Waals surface area contributed by atoms with Gasteiger partial charge in [0.2, 0.25) is 0 Å². The van der Waals surface area contributed by atoms with Gasteiger partial charge in [0.05, 0.1) is 0 Å². The zero-order chi connectivity index (χ0) is 17.1. The molecule has 3 aromatic carbocycles. The molecule has 0 aromatic heterocycles. The van der Waals surface area contributed by atoms with Gasteiger partial charge in [-0.3, -0.25) is 0 Å². The van der Waals surface area contributed by atoms with Crippen LogP contribution in [0.25, 0.3) is 11.1 Å². The van der Waals surface area contributed by atoms with Crippen molar-refractivity contribution in [1.29, 1.82) is 0 Å². The Balaban J connectivity index is 1.92. The highest BCUT2D eigenvalue weighted by Gasteiger charge is 2.17. The van der Waals surface area contributed by atoms with Gasteiger partial charge in [0, 0.05) is 0 Å². The van der Waals surface area contributed by atoms with Crippen molar-refractivity contribution in [2.45, 2.75) is 0 Å². The summed E-state index contributed by atoms with van der Waals surface area (Å²) in [5.74, 6) is -0.216. The Morgan fingerprint density at radius 3 is 1.76 bits per heavy atom. The molecule has 0 radical (unpaired) electrons. The molecule has 0 heterocycles. The summed E-state index contributed by atoms with van der Waals surface area (Å²) in [5.41, 5.74) is 6.81. The van der Waals surface area contributed by atoms with Gasteiger partial charge in [0.1, 0.15) is 5.82 Å². The fourth-order valence-electron chi connectivity index (χ4n) is 3.21. The third kappa shape index (κ3) is 3.09. The zero-order valence-corrected chi connectivity index (χ0v) is 13.7. The fourth-order valence-corrected chi connectivity index (χ4v) is 3.21. The van der Waals surface area contributed by atoms with Crippen molar-refractivity contribution in [3.63, 3.8) is 0 Å². The minimum absolute atomic E-state index is 0.216. The number of hydrogen-bond donors (Lipinski definition) is 0. The van der Waals surface area contributed by atoms with E-state index in [2.05, 4.69) is 66.8 Å². The van der Waals surface area contributed by atoms with Crippen LogP contribution in [0.4, 0.5) is 4.39 Å². The van der Waals surface area contributed by atoms with Crippen molar-refractivity contribution < 1.29 is 4.39 Å². The van der Waals surface area contributed by atoms with Crippen molar-refractivity contribution in [2.75, 3.05) is 0 Å². The van der Waals surface area contributed by atoms with E-state index >= 15 is 0 Å². The van der Waals surface area contributed by atoms with Gasteiger partial charge in [-0.05, 0) is 45.5 Å². The highest BCUT2D eigenvalue weighted by atomic mass is 19.1. The SMILES string of the molecule is Fc1ccc(C2=CC=CC2=C(c2ccccc2)c2ccccc2)cc1. The molecule has 1 aliphatic carbocycles. The molecule has 0 unspecified atom stereocenters. The highest BCUT2D eigenvalue weighted by Crippen LogP contribution is 2.37. The summed E-state index contributed by atoms with van der Waals surface area (Å²) in [7, 11) is 0. The predicted molar refractivity (Wildman–Crippen MR) is 102 cm³/mol. The summed E-state index contributed by atoms with van der Waals surface area (Å²) in [6, 6.07) is 27.5. The first-order valence-corrected chi connectivity index (χ1v) is 8.33. The fraction of sp³-hybridized carbons (Fsp3) is 0. The van der Waals surface area contributed by atoms with E-state index in [1.807, 2.05) is 24.3 Å². The quantitative estimate of drug-likeness (QED) is 0.532. The van der Waals surface area contributed by atoms with Crippen LogP contribution in [0, 0.1) is 5.82 Å². The molecule has 0 fully saturated rings. The van der Waals surface area contributed by atoms with E-state index in [1.54, 1.807) is 0 Å². The van der Waals surface area contributed by atoms with Crippen LogP contribution < -0.4 is 0 Å². The third-order valence-electron chi connectivity index (χ3n) is 4.37. The van der Waals surface area contributed by atoms with Crippen molar-refractivity contribution in [2.24, 2.45) is 0 Å². The first kappa shape index (κ1) is 15.3. The lowest BCUT2D eigenvalue weighted by atomic mass is 9.88. The molecule has 0 aliphatic heterocycles. The van der Waals surface area contributed by atoms with E-state index < -0.39 is 0 Å². The summed E-state index contributed by atoms with van der Waals surface area (Å²) in [5, 5.41) is 0. The van der Waals surface area contributed by atoms with Crippen LogP contribution in [-0.4, -0.2) is 0 Å². The normalized spacial score (nSPS) is 13.0. The molecule has 25 heavy (non-hydrogen) atoms. The molecule has 0 spiro atoms. The lowest BCUT2D eigenvalue weighted by Gasteiger charge is -2.15. The van der Waals surface area contributed by atoms with Crippen LogP contribution in [0.5, 0.6) is 0 Å². The molecule has 0 amide bonds. The summed E-state index contributed by atoms with van der Waals surface area (Å²) in [6.45, 7) is 0. The molecule has 4 rings (SSSR count). The second kappa shape index (κ2) is 6.74. The lowest BCUT2D eigenvalue weighted by Crippen LogP contribution is -1.95. The van der Waals surface area contributed by atoms with E-state index in [0.717, 1.165) is 16.7 Å². The highest BCUT2D eigenvalue weighted by molar-refractivity contribution is 5.99. The Bertz CT molecular complexity index is 918. The van der Waals surface area contributed by atoms with Gasteiger partial charge in [0.25, 0.3) is 0 Å². The largest absolute Gasteiger partial charge is 0.207 e. The van der Waals surface area contributed by atoms with Gasteiger partial charge in [-0.15, -0.1) is 0 Å². The standard InChI is InChI=1S/C24H17F/c25-21-16-14-18(15-17-21)22-12-7-13-23(22)24(19-8-3-1-4-9-19)20-10-5-2-6-11-20/h1-17H. The zero-order valence-electron chi connectivity index (χ0n) is 13.7. The summed E-state index contributed by atoms with van der Waals surface area (Å²) >= 11 is 0. The van der Waals surface area contributed by atoms with Crippen molar-refractivity contribution in [3.8, 4) is 0 Å². The molecule has 0 saturated carbocycles. The summed E-state index contributed by atoms with van der Waals surface area (Å²) < 4.78 is 13.3. The van der Waals surface area contributed by atoms with Crippen LogP contribution in [0.1, 0.15) is 16.7 Å². The van der Waals surface area contributed by atoms with E-state index in [4.69, 9.17) is 0 Å². The minimum Gasteiger partial charge on any atom is -0.207 e. The average Bonchev–Trinajstić information content (AvgIpc) is 3.14. The van der Waals surface area contributed by atoms with E-state index in [-0.39, 0.29) is 5.82 Å². The molecule has 1 heteroatoms. The Morgan fingerprint density at radius 2 is 1.20 bits per heavy atom. The maximum absolute atomic E-state index is 13.3. The summed E-state index contributed by atoms with van der Waals surface area (Å²) in [4.78, 5) is 0.